The van der Waals surface area contributed by atoms with E-state index in [9.17, 15) is 4.57 Å². The molecule has 12 heavy (non-hydrogen) atoms. The van der Waals surface area contributed by atoms with E-state index in [0.29, 0.717) is 5.30 Å². The van der Waals surface area contributed by atoms with Gasteiger partial charge in [0.15, 0.2) is 0 Å². The third-order valence-electron chi connectivity index (χ3n) is 1.99. The molecule has 1 rings (SSSR count). The van der Waals surface area contributed by atoms with E-state index in [2.05, 4.69) is 0 Å². The Morgan fingerprint density at radius 2 is 2.17 bits per heavy atom. The van der Waals surface area contributed by atoms with Crippen molar-refractivity contribution in [1.82, 2.24) is 0 Å². The molecule has 0 bridgehead atoms. The molecule has 1 N–H and O–H groups in total. The van der Waals surface area contributed by atoms with Crippen LogP contribution in [0.1, 0.15) is 18.1 Å². The van der Waals surface area contributed by atoms with Gasteiger partial charge in [0.25, 0.3) is 0 Å². The van der Waals surface area contributed by atoms with Crippen LogP contribution in [-0.2, 0) is 11.0 Å². The van der Waals surface area contributed by atoms with Crippen LogP contribution in [0.3, 0.4) is 0 Å². The molecule has 0 radical (unpaired) electrons. The molecule has 1 aromatic rings. The Morgan fingerprint density at radius 1 is 1.50 bits per heavy atom. The van der Waals surface area contributed by atoms with Gasteiger partial charge < -0.3 is 4.89 Å². The highest BCUT2D eigenvalue weighted by Gasteiger charge is 2.06. The first-order valence-electron chi connectivity index (χ1n) is 3.98. The third kappa shape index (κ3) is 1.77. The summed E-state index contributed by atoms with van der Waals surface area (Å²) in [6.45, 7) is 3.96. The molecular weight excluding hydrogens is 171 g/mol. The first kappa shape index (κ1) is 9.50. The Balaban J connectivity index is 3.27. The molecule has 0 aromatic heterocycles. The summed E-state index contributed by atoms with van der Waals surface area (Å²) in [5.41, 5.74) is 2.12. The molecule has 0 spiro atoms. The third-order valence-corrected chi connectivity index (χ3v) is 2.92. The molecule has 0 fully saturated rings. The van der Waals surface area contributed by atoms with Crippen molar-refractivity contribution in [1.29, 1.82) is 0 Å². The van der Waals surface area contributed by atoms with Crippen LogP contribution in [0.25, 0.3) is 0 Å². The van der Waals surface area contributed by atoms with Gasteiger partial charge in [0.05, 0.1) is 0 Å². The zero-order valence-corrected chi connectivity index (χ0v) is 8.29. The summed E-state index contributed by atoms with van der Waals surface area (Å²) in [5.74, 6) is 0. The van der Waals surface area contributed by atoms with Crippen LogP contribution in [0.2, 0.25) is 0 Å². The van der Waals surface area contributed by atoms with Crippen molar-refractivity contribution in [3.63, 3.8) is 0 Å². The van der Waals surface area contributed by atoms with Gasteiger partial charge in [-0.25, -0.2) is 0 Å². The lowest BCUT2D eigenvalue weighted by Crippen LogP contribution is -2.06. The second-order valence-corrected chi connectivity index (χ2v) is 3.91. The average molecular weight is 184 g/mol. The van der Waals surface area contributed by atoms with Gasteiger partial charge >= 0.3 is 0 Å². The van der Waals surface area contributed by atoms with Gasteiger partial charge in [-0.15, -0.1) is 0 Å². The van der Waals surface area contributed by atoms with Crippen LogP contribution >= 0.6 is 8.03 Å². The fourth-order valence-electron chi connectivity index (χ4n) is 1.37. The summed E-state index contributed by atoms with van der Waals surface area (Å²) < 4.78 is 10.9. The summed E-state index contributed by atoms with van der Waals surface area (Å²) in [5, 5.41) is 0.613. The van der Waals surface area contributed by atoms with E-state index in [4.69, 9.17) is 4.89 Å². The van der Waals surface area contributed by atoms with Crippen LogP contribution in [0, 0.1) is 6.92 Å². The zero-order chi connectivity index (χ0) is 9.14. The van der Waals surface area contributed by atoms with Crippen LogP contribution in [0.5, 0.6) is 0 Å². The lowest BCUT2D eigenvalue weighted by molar-refractivity contribution is 0.513. The molecule has 1 unspecified atom stereocenters. The van der Waals surface area contributed by atoms with Crippen molar-refractivity contribution in [3.05, 3.63) is 29.3 Å². The Labute approximate surface area is 73.1 Å². The van der Waals surface area contributed by atoms with Crippen molar-refractivity contribution >= 4 is 13.3 Å². The van der Waals surface area contributed by atoms with Gasteiger partial charge in [-0.1, -0.05) is 19.1 Å². The first-order chi connectivity index (χ1) is 5.66. The second-order valence-electron chi connectivity index (χ2n) is 2.76. The minimum Gasteiger partial charge on any atom is -0.343 e. The smallest absolute Gasteiger partial charge is 0.218 e. The lowest BCUT2D eigenvalue weighted by atomic mass is 10.1. The fraction of sp³-hybridized carbons (Fsp3) is 0.333. The normalized spacial score (nSPS) is 12.9. The number of hydrogen-bond donors (Lipinski definition) is 1. The first-order valence-corrected chi connectivity index (χ1v) is 5.34. The summed E-state index contributed by atoms with van der Waals surface area (Å²) >= 11 is 0. The van der Waals surface area contributed by atoms with Gasteiger partial charge in [-0.05, 0) is 30.5 Å². The van der Waals surface area contributed by atoms with Gasteiger partial charge in [-0.2, -0.15) is 0 Å². The van der Waals surface area contributed by atoms with E-state index in [0.717, 1.165) is 17.5 Å². The Morgan fingerprint density at radius 3 is 2.58 bits per heavy atom. The van der Waals surface area contributed by atoms with E-state index in [1.807, 2.05) is 26.0 Å². The largest absolute Gasteiger partial charge is 0.343 e. The van der Waals surface area contributed by atoms with E-state index in [1.165, 1.54) is 0 Å². The molecule has 1 atom stereocenters. The van der Waals surface area contributed by atoms with E-state index >= 15 is 0 Å². The highest BCUT2D eigenvalue weighted by molar-refractivity contribution is 7.47. The Bertz CT molecular complexity index is 307. The molecule has 0 heterocycles. The van der Waals surface area contributed by atoms with Crippen molar-refractivity contribution < 1.29 is 9.46 Å². The topological polar surface area (TPSA) is 37.3 Å². The van der Waals surface area contributed by atoms with Gasteiger partial charge in [0.1, 0.15) is 0 Å². The molecular formula is C9H13O2P. The fourth-order valence-corrected chi connectivity index (χ4v) is 2.24. The predicted molar refractivity (Wildman–Crippen MR) is 51.4 cm³/mol. The molecule has 0 saturated carbocycles. The monoisotopic (exact) mass is 184 g/mol. The van der Waals surface area contributed by atoms with Crippen LogP contribution in [0.15, 0.2) is 18.2 Å². The molecule has 1 aromatic carbocycles. The lowest BCUT2D eigenvalue weighted by Gasteiger charge is -2.06. The maximum atomic E-state index is 10.9. The average Bonchev–Trinajstić information content (AvgIpc) is 2.03. The van der Waals surface area contributed by atoms with Gasteiger partial charge in [0, 0.05) is 5.30 Å². The van der Waals surface area contributed by atoms with Crippen molar-refractivity contribution in [2.24, 2.45) is 0 Å². The van der Waals surface area contributed by atoms with Crippen LogP contribution in [0.4, 0.5) is 0 Å². The summed E-state index contributed by atoms with van der Waals surface area (Å²) in [6, 6.07) is 5.52. The minimum absolute atomic E-state index is 0.613. The standard InChI is InChI=1S/C9H13O2P/c1-3-8-7(2)5-4-6-9(8)12(10)11/h4-6,12H,3H2,1-2H3,(H,10,11). The maximum absolute atomic E-state index is 10.9. The van der Waals surface area contributed by atoms with Crippen LogP contribution in [-0.4, -0.2) is 4.89 Å². The maximum Gasteiger partial charge on any atom is 0.218 e. The molecule has 0 aliphatic rings. The van der Waals surface area contributed by atoms with Crippen molar-refractivity contribution in [2.75, 3.05) is 0 Å². The molecule has 0 aliphatic carbocycles. The van der Waals surface area contributed by atoms with Crippen LogP contribution < -0.4 is 5.30 Å². The molecule has 0 aliphatic heterocycles. The second kappa shape index (κ2) is 3.88. The van der Waals surface area contributed by atoms with E-state index < -0.39 is 8.03 Å². The Kier molecular flexibility index (Phi) is 3.07. The van der Waals surface area contributed by atoms with Crippen molar-refractivity contribution in [2.45, 2.75) is 20.3 Å². The summed E-state index contributed by atoms with van der Waals surface area (Å²) in [6.07, 6.45) is 0.818. The van der Waals surface area contributed by atoms with E-state index in [-0.39, 0.29) is 0 Å². The molecule has 2 nitrogen and oxygen atoms in total. The van der Waals surface area contributed by atoms with Gasteiger partial charge in [0.2, 0.25) is 8.03 Å². The summed E-state index contributed by atoms with van der Waals surface area (Å²) in [4.78, 5) is 9.01. The quantitative estimate of drug-likeness (QED) is 0.709. The predicted octanol–water partition coefficient (Wildman–Crippen LogP) is 1.65. The number of benzene rings is 1. The molecule has 3 heteroatoms. The number of hydrogen-bond acceptors (Lipinski definition) is 1. The summed E-state index contributed by atoms with van der Waals surface area (Å²) in [7, 11) is -2.53. The minimum atomic E-state index is -2.53. The van der Waals surface area contributed by atoms with Gasteiger partial charge in [-0.3, -0.25) is 4.57 Å². The molecule has 0 saturated heterocycles. The highest BCUT2D eigenvalue weighted by atomic mass is 31.1. The van der Waals surface area contributed by atoms with Crippen molar-refractivity contribution in [3.8, 4) is 0 Å². The SMILES string of the molecule is CCc1c(C)cccc1[PH](=O)O. The highest BCUT2D eigenvalue weighted by Crippen LogP contribution is 2.18. The number of aryl methyl sites for hydroxylation is 1. The molecule has 0 amide bonds. The molecule has 66 valence electrons. The zero-order valence-electron chi connectivity index (χ0n) is 7.29. The Hall–Kier alpha value is -0.590. The van der Waals surface area contributed by atoms with E-state index in [1.54, 1.807) is 6.07 Å². The number of rotatable bonds is 2.